The average Bonchev–Trinajstić information content (AvgIpc) is 2.28. The summed E-state index contributed by atoms with van der Waals surface area (Å²) in [6.07, 6.45) is 4.90. The van der Waals surface area contributed by atoms with Crippen LogP contribution >= 0.6 is 11.8 Å². The van der Waals surface area contributed by atoms with Crippen molar-refractivity contribution in [1.29, 1.82) is 0 Å². The number of primary amides is 1. The van der Waals surface area contributed by atoms with Gasteiger partial charge in [0.1, 0.15) is 10.6 Å². The molecule has 88 valence electrons. The van der Waals surface area contributed by atoms with E-state index in [1.54, 1.807) is 25.5 Å². The number of amides is 1. The van der Waals surface area contributed by atoms with Gasteiger partial charge in [-0.15, -0.1) is 11.8 Å². The van der Waals surface area contributed by atoms with Gasteiger partial charge in [0.15, 0.2) is 0 Å². The van der Waals surface area contributed by atoms with Crippen LogP contribution in [-0.4, -0.2) is 33.7 Å². The Hall–Kier alpha value is -1.14. The van der Waals surface area contributed by atoms with Crippen molar-refractivity contribution in [3.63, 3.8) is 0 Å². The highest BCUT2D eigenvalue weighted by Gasteiger charge is 2.30. The van der Waals surface area contributed by atoms with Crippen molar-refractivity contribution in [1.82, 2.24) is 15.3 Å². The molecular formula is C10H16N4OS. The van der Waals surface area contributed by atoms with Crippen molar-refractivity contribution in [2.45, 2.75) is 24.4 Å². The Balaban J connectivity index is 2.60. The third-order valence-electron chi connectivity index (χ3n) is 2.16. The molecule has 0 radical (unpaired) electrons. The Kier molecular flexibility index (Phi) is 4.70. The molecule has 0 fully saturated rings. The van der Waals surface area contributed by atoms with E-state index in [2.05, 4.69) is 15.3 Å². The monoisotopic (exact) mass is 240 g/mol. The summed E-state index contributed by atoms with van der Waals surface area (Å²) < 4.78 is 0. The Labute approximate surface area is 99.2 Å². The molecule has 0 spiro atoms. The number of nitrogens with two attached hydrogens (primary N) is 1. The van der Waals surface area contributed by atoms with E-state index in [1.807, 2.05) is 6.92 Å². The van der Waals surface area contributed by atoms with Gasteiger partial charge in [-0.1, -0.05) is 6.92 Å². The minimum absolute atomic E-state index is 0.356. The molecule has 3 N–H and O–H groups in total. The minimum atomic E-state index is -0.711. The van der Waals surface area contributed by atoms with Gasteiger partial charge in [0.2, 0.25) is 5.91 Å². The molecule has 0 saturated carbocycles. The van der Waals surface area contributed by atoms with Crippen LogP contribution in [0.25, 0.3) is 0 Å². The number of nitrogens with one attached hydrogen (secondary N) is 1. The largest absolute Gasteiger partial charge is 0.368 e. The summed E-state index contributed by atoms with van der Waals surface area (Å²) in [6.45, 7) is 4.43. The summed E-state index contributed by atoms with van der Waals surface area (Å²) >= 11 is 1.46. The Morgan fingerprint density at radius 2 is 2.38 bits per heavy atom. The minimum Gasteiger partial charge on any atom is -0.368 e. The van der Waals surface area contributed by atoms with E-state index < -0.39 is 5.54 Å². The van der Waals surface area contributed by atoms with Crippen LogP contribution in [0.15, 0.2) is 23.6 Å². The lowest BCUT2D eigenvalue weighted by atomic mass is 10.1. The van der Waals surface area contributed by atoms with Crippen LogP contribution < -0.4 is 11.1 Å². The fourth-order valence-electron chi connectivity index (χ4n) is 1.18. The lowest BCUT2D eigenvalue weighted by molar-refractivity contribution is -0.122. The molecule has 0 bridgehead atoms. The Morgan fingerprint density at radius 3 is 2.88 bits per heavy atom. The average molecular weight is 240 g/mol. The first kappa shape index (κ1) is 12.9. The standard InChI is InChI=1S/C10H16N4OS/c1-3-14-10(2,9(11)15)7-16-8-6-12-4-5-13-8/h4-6,14H,3,7H2,1-2H3,(H2,11,15). The van der Waals surface area contributed by atoms with E-state index in [4.69, 9.17) is 5.73 Å². The molecule has 0 aliphatic rings. The Bertz CT molecular complexity index is 346. The maximum atomic E-state index is 11.3. The van der Waals surface area contributed by atoms with Crippen molar-refractivity contribution >= 4 is 17.7 Å². The van der Waals surface area contributed by atoms with Crippen molar-refractivity contribution in [2.75, 3.05) is 12.3 Å². The number of carbonyl (C=O) groups is 1. The molecule has 1 rings (SSSR count). The number of hydrogen-bond donors (Lipinski definition) is 2. The highest BCUT2D eigenvalue weighted by Crippen LogP contribution is 2.19. The lowest BCUT2D eigenvalue weighted by Crippen LogP contribution is -2.55. The van der Waals surface area contributed by atoms with Gasteiger partial charge in [-0.2, -0.15) is 0 Å². The first-order valence-electron chi connectivity index (χ1n) is 5.02. The molecule has 6 heteroatoms. The lowest BCUT2D eigenvalue weighted by Gasteiger charge is -2.26. The third-order valence-corrected chi connectivity index (χ3v) is 3.39. The van der Waals surface area contributed by atoms with Crippen LogP contribution in [0.5, 0.6) is 0 Å². The van der Waals surface area contributed by atoms with E-state index >= 15 is 0 Å². The van der Waals surface area contributed by atoms with Crippen molar-refractivity contribution in [3.05, 3.63) is 18.6 Å². The van der Waals surface area contributed by atoms with E-state index in [0.717, 1.165) is 5.03 Å². The van der Waals surface area contributed by atoms with Crippen LogP contribution in [0.1, 0.15) is 13.8 Å². The maximum Gasteiger partial charge on any atom is 0.238 e. The number of nitrogens with zero attached hydrogens (tertiary/aromatic N) is 2. The fraction of sp³-hybridized carbons (Fsp3) is 0.500. The SMILES string of the molecule is CCNC(C)(CSc1cnccn1)C(N)=O. The smallest absolute Gasteiger partial charge is 0.238 e. The molecule has 1 aromatic rings. The van der Waals surface area contributed by atoms with Gasteiger partial charge in [0, 0.05) is 18.1 Å². The van der Waals surface area contributed by atoms with Gasteiger partial charge in [-0.05, 0) is 13.5 Å². The molecule has 5 nitrogen and oxygen atoms in total. The van der Waals surface area contributed by atoms with E-state index in [1.165, 1.54) is 11.8 Å². The summed E-state index contributed by atoms with van der Waals surface area (Å²) in [5.41, 5.74) is 4.66. The number of carbonyl (C=O) groups excluding carboxylic acids is 1. The molecule has 1 aromatic heterocycles. The van der Waals surface area contributed by atoms with Crippen LogP contribution in [-0.2, 0) is 4.79 Å². The van der Waals surface area contributed by atoms with Crippen molar-refractivity contribution in [2.24, 2.45) is 5.73 Å². The van der Waals surface area contributed by atoms with Crippen molar-refractivity contribution in [3.8, 4) is 0 Å². The zero-order valence-electron chi connectivity index (χ0n) is 9.43. The molecule has 1 heterocycles. The molecule has 1 atom stereocenters. The Morgan fingerprint density at radius 1 is 1.62 bits per heavy atom. The molecular weight excluding hydrogens is 224 g/mol. The zero-order valence-corrected chi connectivity index (χ0v) is 10.3. The predicted molar refractivity (Wildman–Crippen MR) is 64.0 cm³/mol. The summed E-state index contributed by atoms with van der Waals surface area (Å²) in [6, 6.07) is 0. The van der Waals surface area contributed by atoms with Crippen molar-refractivity contribution < 1.29 is 4.79 Å². The summed E-state index contributed by atoms with van der Waals surface area (Å²) in [5.74, 6) is 0.181. The molecule has 1 unspecified atom stereocenters. The van der Waals surface area contributed by atoms with Gasteiger partial charge in [0.25, 0.3) is 0 Å². The van der Waals surface area contributed by atoms with E-state index in [9.17, 15) is 4.79 Å². The van der Waals surface area contributed by atoms with Gasteiger partial charge < -0.3 is 11.1 Å². The second-order valence-corrected chi connectivity index (χ2v) is 4.55. The quantitative estimate of drug-likeness (QED) is 0.704. The topological polar surface area (TPSA) is 80.9 Å². The summed E-state index contributed by atoms with van der Waals surface area (Å²) in [5, 5.41) is 3.87. The van der Waals surface area contributed by atoms with Crippen LogP contribution in [0.2, 0.25) is 0 Å². The summed E-state index contributed by atoms with van der Waals surface area (Å²) in [7, 11) is 0. The second kappa shape index (κ2) is 5.81. The second-order valence-electron chi connectivity index (χ2n) is 3.56. The van der Waals surface area contributed by atoms with Gasteiger partial charge in [0.05, 0.1) is 6.20 Å². The predicted octanol–water partition coefficient (Wildman–Crippen LogP) is 0.422. The fourth-order valence-corrected chi connectivity index (χ4v) is 2.13. The molecule has 0 saturated heterocycles. The first-order valence-corrected chi connectivity index (χ1v) is 6.01. The van der Waals surface area contributed by atoms with E-state index in [-0.39, 0.29) is 5.91 Å². The number of rotatable bonds is 6. The summed E-state index contributed by atoms with van der Waals surface area (Å²) in [4.78, 5) is 19.4. The molecule has 0 aliphatic heterocycles. The van der Waals surface area contributed by atoms with E-state index in [0.29, 0.717) is 12.3 Å². The van der Waals surface area contributed by atoms with Gasteiger partial charge >= 0.3 is 0 Å². The molecule has 0 aliphatic carbocycles. The third kappa shape index (κ3) is 3.46. The van der Waals surface area contributed by atoms with Crippen LogP contribution in [0.3, 0.4) is 0 Å². The number of aromatic nitrogens is 2. The van der Waals surface area contributed by atoms with Gasteiger partial charge in [-0.25, -0.2) is 4.98 Å². The first-order chi connectivity index (χ1) is 7.58. The number of likely N-dealkylation sites (N-methyl/N-ethyl adjacent to an activating group) is 1. The zero-order chi connectivity index (χ0) is 12.0. The van der Waals surface area contributed by atoms with Gasteiger partial charge in [-0.3, -0.25) is 9.78 Å². The normalized spacial score (nSPS) is 14.4. The van der Waals surface area contributed by atoms with Crippen LogP contribution in [0, 0.1) is 0 Å². The van der Waals surface area contributed by atoms with Crippen LogP contribution in [0.4, 0.5) is 0 Å². The molecule has 16 heavy (non-hydrogen) atoms. The molecule has 1 amide bonds. The molecule has 0 aromatic carbocycles. The number of hydrogen-bond acceptors (Lipinski definition) is 5. The maximum absolute atomic E-state index is 11.3. The highest BCUT2D eigenvalue weighted by atomic mass is 32.2. The number of thioether (sulfide) groups is 1. The highest BCUT2D eigenvalue weighted by molar-refractivity contribution is 7.99.